The van der Waals surface area contributed by atoms with Crippen molar-refractivity contribution >= 4 is 5.69 Å². The Morgan fingerprint density at radius 2 is 2.19 bits per heavy atom. The minimum absolute atomic E-state index is 0.0183. The van der Waals surface area contributed by atoms with Crippen LogP contribution in [0.2, 0.25) is 0 Å². The summed E-state index contributed by atoms with van der Waals surface area (Å²) in [5.41, 5.74) is 1.71. The van der Waals surface area contributed by atoms with Crippen molar-refractivity contribution in [3.63, 3.8) is 0 Å². The van der Waals surface area contributed by atoms with Crippen molar-refractivity contribution in [1.82, 2.24) is 14.8 Å². The van der Waals surface area contributed by atoms with Gasteiger partial charge in [-0.25, -0.2) is 4.39 Å². The minimum Gasteiger partial charge on any atom is -0.374 e. The van der Waals surface area contributed by atoms with Gasteiger partial charge in [-0.1, -0.05) is 0 Å². The second-order valence-corrected chi connectivity index (χ2v) is 3.67. The highest BCUT2D eigenvalue weighted by atomic mass is 19.1. The maximum absolute atomic E-state index is 12.7. The van der Waals surface area contributed by atoms with Crippen LogP contribution in [0.3, 0.4) is 0 Å². The van der Waals surface area contributed by atoms with Gasteiger partial charge in [-0.15, -0.1) is 0 Å². The van der Waals surface area contributed by atoms with Gasteiger partial charge in [-0.2, -0.15) is 5.10 Å². The van der Waals surface area contributed by atoms with Gasteiger partial charge >= 0.3 is 0 Å². The Bertz CT molecular complexity index is 463. The highest BCUT2D eigenvalue weighted by molar-refractivity contribution is 5.40. The molecule has 0 amide bonds. The van der Waals surface area contributed by atoms with E-state index < -0.39 is 0 Å². The van der Waals surface area contributed by atoms with Crippen molar-refractivity contribution in [3.05, 3.63) is 42.2 Å². The molecule has 2 aromatic heterocycles. The Hall–Kier alpha value is -1.91. The molecule has 0 aliphatic carbocycles. The summed E-state index contributed by atoms with van der Waals surface area (Å²) < 4.78 is 14.4. The monoisotopic (exact) mass is 220 g/mol. The van der Waals surface area contributed by atoms with Crippen molar-refractivity contribution in [2.75, 3.05) is 5.32 Å². The zero-order chi connectivity index (χ0) is 11.5. The molecule has 0 bridgehead atoms. The lowest BCUT2D eigenvalue weighted by atomic mass is 10.2. The zero-order valence-corrected chi connectivity index (χ0v) is 9.18. The van der Waals surface area contributed by atoms with Crippen LogP contribution >= 0.6 is 0 Å². The molecule has 2 heterocycles. The van der Waals surface area contributed by atoms with E-state index in [1.54, 1.807) is 16.9 Å². The third-order valence-corrected chi connectivity index (χ3v) is 2.28. The molecule has 0 aliphatic rings. The summed E-state index contributed by atoms with van der Waals surface area (Å²) in [6.07, 6.45) is 4.83. The molecule has 1 atom stereocenters. The number of halogens is 1. The van der Waals surface area contributed by atoms with Crippen molar-refractivity contribution < 1.29 is 4.39 Å². The molecule has 0 fully saturated rings. The molecule has 4 nitrogen and oxygen atoms in total. The number of anilines is 1. The lowest BCUT2D eigenvalue weighted by Crippen LogP contribution is -2.07. The predicted molar refractivity (Wildman–Crippen MR) is 59.4 cm³/mol. The standard InChI is InChI=1S/C11H13FN4/c1-8(11-4-3-9(12)5-13-11)15-10-6-14-16(2)7-10/h3-8,15H,1-2H3. The van der Waals surface area contributed by atoms with Gasteiger partial charge in [0.2, 0.25) is 0 Å². The SMILES string of the molecule is CC(Nc1cnn(C)c1)c1ccc(F)cn1. The summed E-state index contributed by atoms with van der Waals surface area (Å²) in [6.45, 7) is 1.97. The third kappa shape index (κ3) is 2.36. The molecule has 0 aliphatic heterocycles. The van der Waals surface area contributed by atoms with E-state index >= 15 is 0 Å². The van der Waals surface area contributed by atoms with Crippen molar-refractivity contribution in [2.24, 2.45) is 7.05 Å². The van der Waals surface area contributed by atoms with E-state index in [9.17, 15) is 4.39 Å². The minimum atomic E-state index is -0.322. The van der Waals surface area contributed by atoms with Gasteiger partial charge in [0.15, 0.2) is 0 Å². The molecule has 16 heavy (non-hydrogen) atoms. The second-order valence-electron chi connectivity index (χ2n) is 3.67. The van der Waals surface area contributed by atoms with Crippen LogP contribution < -0.4 is 5.32 Å². The highest BCUT2D eigenvalue weighted by Crippen LogP contribution is 2.16. The second kappa shape index (κ2) is 4.30. The Labute approximate surface area is 93.1 Å². The van der Waals surface area contributed by atoms with Crippen LogP contribution in [0.25, 0.3) is 0 Å². The normalized spacial score (nSPS) is 12.4. The summed E-state index contributed by atoms with van der Waals surface area (Å²) in [5.74, 6) is -0.322. The molecule has 0 radical (unpaired) electrons. The summed E-state index contributed by atoms with van der Waals surface area (Å²) in [7, 11) is 1.85. The highest BCUT2D eigenvalue weighted by Gasteiger charge is 2.07. The molecule has 84 valence electrons. The lowest BCUT2D eigenvalue weighted by molar-refractivity contribution is 0.617. The maximum atomic E-state index is 12.7. The van der Waals surface area contributed by atoms with Crippen LogP contribution in [0.15, 0.2) is 30.7 Å². The number of hydrogen-bond acceptors (Lipinski definition) is 3. The van der Waals surface area contributed by atoms with Crippen LogP contribution in [0, 0.1) is 5.82 Å². The number of aryl methyl sites for hydroxylation is 1. The largest absolute Gasteiger partial charge is 0.374 e. The average Bonchev–Trinajstić information content (AvgIpc) is 2.65. The Balaban J connectivity index is 2.08. The third-order valence-electron chi connectivity index (χ3n) is 2.28. The molecule has 0 aromatic carbocycles. The molecule has 5 heteroatoms. The summed E-state index contributed by atoms with van der Waals surface area (Å²) >= 11 is 0. The first-order valence-electron chi connectivity index (χ1n) is 5.02. The van der Waals surface area contributed by atoms with E-state index in [0.29, 0.717) is 0 Å². The molecule has 0 saturated carbocycles. The van der Waals surface area contributed by atoms with E-state index in [4.69, 9.17) is 0 Å². The van der Waals surface area contributed by atoms with E-state index in [1.165, 1.54) is 12.3 Å². The molecule has 2 aromatic rings. The molecular weight excluding hydrogens is 207 g/mol. The maximum Gasteiger partial charge on any atom is 0.141 e. The molecule has 0 saturated heterocycles. The molecule has 2 rings (SSSR count). The smallest absolute Gasteiger partial charge is 0.141 e. The van der Waals surface area contributed by atoms with E-state index in [1.807, 2.05) is 20.2 Å². The quantitative estimate of drug-likeness (QED) is 0.861. The van der Waals surface area contributed by atoms with Crippen molar-refractivity contribution in [3.8, 4) is 0 Å². The van der Waals surface area contributed by atoms with E-state index in [-0.39, 0.29) is 11.9 Å². The fourth-order valence-electron chi connectivity index (χ4n) is 1.46. The Morgan fingerprint density at radius 3 is 2.75 bits per heavy atom. The van der Waals surface area contributed by atoms with Gasteiger partial charge in [-0.3, -0.25) is 9.67 Å². The van der Waals surface area contributed by atoms with Gasteiger partial charge in [0, 0.05) is 13.2 Å². The van der Waals surface area contributed by atoms with Gasteiger partial charge in [-0.05, 0) is 19.1 Å². The molecule has 0 spiro atoms. The number of pyridine rings is 1. The number of hydrogen-bond donors (Lipinski definition) is 1. The summed E-state index contributed by atoms with van der Waals surface area (Å²) in [5, 5.41) is 7.28. The lowest BCUT2D eigenvalue weighted by Gasteiger charge is -2.12. The van der Waals surface area contributed by atoms with Crippen LogP contribution in [-0.2, 0) is 7.05 Å². The van der Waals surface area contributed by atoms with Crippen LogP contribution in [0.5, 0.6) is 0 Å². The van der Waals surface area contributed by atoms with Gasteiger partial charge in [0.1, 0.15) is 5.82 Å². The zero-order valence-electron chi connectivity index (χ0n) is 9.18. The average molecular weight is 220 g/mol. The van der Waals surface area contributed by atoms with Crippen molar-refractivity contribution in [2.45, 2.75) is 13.0 Å². The predicted octanol–water partition coefficient (Wildman–Crippen LogP) is 2.13. The van der Waals surface area contributed by atoms with E-state index in [0.717, 1.165) is 11.4 Å². The van der Waals surface area contributed by atoms with Gasteiger partial charge in [0.05, 0.1) is 29.8 Å². The van der Waals surface area contributed by atoms with Crippen LogP contribution in [-0.4, -0.2) is 14.8 Å². The fraction of sp³-hybridized carbons (Fsp3) is 0.273. The Morgan fingerprint density at radius 1 is 1.38 bits per heavy atom. The number of nitrogens with zero attached hydrogens (tertiary/aromatic N) is 3. The first-order chi connectivity index (χ1) is 7.65. The van der Waals surface area contributed by atoms with Crippen LogP contribution in [0.1, 0.15) is 18.7 Å². The molecule has 1 unspecified atom stereocenters. The first-order valence-corrected chi connectivity index (χ1v) is 5.02. The van der Waals surface area contributed by atoms with Crippen LogP contribution in [0.4, 0.5) is 10.1 Å². The van der Waals surface area contributed by atoms with E-state index in [2.05, 4.69) is 15.4 Å². The topological polar surface area (TPSA) is 42.7 Å². The number of aromatic nitrogens is 3. The summed E-state index contributed by atoms with van der Waals surface area (Å²) in [6, 6.07) is 3.09. The molecule has 1 N–H and O–H groups in total. The number of nitrogens with one attached hydrogen (secondary N) is 1. The summed E-state index contributed by atoms with van der Waals surface area (Å²) in [4.78, 5) is 4.02. The molecular formula is C11H13FN4. The fourth-order valence-corrected chi connectivity index (χ4v) is 1.46. The van der Waals surface area contributed by atoms with Gasteiger partial charge in [0.25, 0.3) is 0 Å². The van der Waals surface area contributed by atoms with Gasteiger partial charge < -0.3 is 5.32 Å². The number of rotatable bonds is 3. The first kappa shape index (κ1) is 10.6. The van der Waals surface area contributed by atoms with Crippen molar-refractivity contribution in [1.29, 1.82) is 0 Å². The Kier molecular flexibility index (Phi) is 2.85.